The van der Waals surface area contributed by atoms with E-state index in [1.807, 2.05) is 6.92 Å². The Morgan fingerprint density at radius 2 is 1.69 bits per heavy atom. The molecular formula is C10H21NaO4S. The van der Waals surface area contributed by atoms with E-state index < -0.39 is 15.4 Å². The van der Waals surface area contributed by atoms with Crippen molar-refractivity contribution in [1.82, 2.24) is 0 Å². The molecule has 0 aromatic rings. The zero-order valence-electron chi connectivity index (χ0n) is 10.5. The fourth-order valence-corrected chi connectivity index (χ4v) is 1.89. The molecule has 1 N–H and O–H groups in total. The second-order valence-corrected chi connectivity index (χ2v) is 5.82. The van der Waals surface area contributed by atoms with Crippen molar-refractivity contribution in [2.45, 2.75) is 63.7 Å². The van der Waals surface area contributed by atoms with E-state index in [-0.39, 0.29) is 35.7 Å². The van der Waals surface area contributed by atoms with Crippen molar-refractivity contribution in [3.05, 3.63) is 0 Å². The van der Waals surface area contributed by atoms with E-state index in [1.165, 1.54) is 6.92 Å². The molecule has 0 aromatic heterocycles. The van der Waals surface area contributed by atoms with Gasteiger partial charge >= 0.3 is 29.6 Å². The molecule has 0 bridgehead atoms. The van der Waals surface area contributed by atoms with Gasteiger partial charge in [-0.25, -0.2) is 8.42 Å². The minimum Gasteiger partial charge on any atom is -0.748 e. The molecular weight excluding hydrogens is 239 g/mol. The number of hydrogen-bond acceptors (Lipinski definition) is 4. The van der Waals surface area contributed by atoms with E-state index in [4.69, 9.17) is 0 Å². The van der Waals surface area contributed by atoms with Gasteiger partial charge in [-0.05, 0) is 26.2 Å². The Morgan fingerprint density at radius 3 is 2.12 bits per heavy atom. The van der Waals surface area contributed by atoms with Crippen molar-refractivity contribution in [2.75, 3.05) is 0 Å². The first kappa shape index (κ1) is 19.2. The summed E-state index contributed by atoms with van der Waals surface area (Å²) in [6, 6.07) is 0. The molecule has 0 rings (SSSR count). The number of aliphatic hydroxyl groups excluding tert-OH is 1. The first-order valence-corrected chi connectivity index (χ1v) is 6.97. The van der Waals surface area contributed by atoms with Gasteiger partial charge in [0.05, 0.1) is 16.2 Å². The summed E-state index contributed by atoms with van der Waals surface area (Å²) in [5.41, 5.74) is 0. The first-order chi connectivity index (χ1) is 6.88. The van der Waals surface area contributed by atoms with Gasteiger partial charge in [-0.15, -0.1) is 0 Å². The van der Waals surface area contributed by atoms with E-state index >= 15 is 0 Å². The molecule has 16 heavy (non-hydrogen) atoms. The molecule has 2 unspecified atom stereocenters. The van der Waals surface area contributed by atoms with E-state index in [0.29, 0.717) is 19.3 Å². The van der Waals surface area contributed by atoms with Crippen molar-refractivity contribution in [1.29, 1.82) is 0 Å². The molecule has 0 radical (unpaired) electrons. The zero-order chi connectivity index (χ0) is 11.9. The molecule has 2 atom stereocenters. The Labute approximate surface area is 121 Å². The Morgan fingerprint density at radius 1 is 1.19 bits per heavy atom. The molecule has 0 aromatic carbocycles. The maximum atomic E-state index is 10.6. The number of unbranched alkanes of at least 4 members (excludes halogenated alkanes) is 1. The van der Waals surface area contributed by atoms with Crippen LogP contribution in [0.5, 0.6) is 0 Å². The van der Waals surface area contributed by atoms with Crippen molar-refractivity contribution in [2.24, 2.45) is 0 Å². The van der Waals surface area contributed by atoms with Crippen LogP contribution in [0.4, 0.5) is 0 Å². The van der Waals surface area contributed by atoms with Gasteiger partial charge in [-0.1, -0.05) is 26.2 Å². The molecule has 92 valence electrons. The zero-order valence-corrected chi connectivity index (χ0v) is 13.3. The summed E-state index contributed by atoms with van der Waals surface area (Å²) in [6.45, 7) is 3.44. The smallest absolute Gasteiger partial charge is 0.748 e. The average Bonchev–Trinajstić information content (AvgIpc) is 2.11. The second-order valence-electron chi connectivity index (χ2n) is 4.03. The minimum absolute atomic E-state index is 0. The number of hydrogen-bond donors (Lipinski definition) is 1. The quantitative estimate of drug-likeness (QED) is 0.332. The van der Waals surface area contributed by atoms with Crippen molar-refractivity contribution >= 4 is 10.1 Å². The van der Waals surface area contributed by atoms with Crippen LogP contribution in [0.3, 0.4) is 0 Å². The van der Waals surface area contributed by atoms with Crippen molar-refractivity contribution in [3.8, 4) is 0 Å². The van der Waals surface area contributed by atoms with E-state index in [2.05, 4.69) is 0 Å². The molecule has 4 nitrogen and oxygen atoms in total. The van der Waals surface area contributed by atoms with Gasteiger partial charge in [0.1, 0.15) is 0 Å². The molecule has 0 fully saturated rings. The summed E-state index contributed by atoms with van der Waals surface area (Å²) in [4.78, 5) is 0. The molecule has 0 spiro atoms. The molecule has 0 aliphatic rings. The van der Waals surface area contributed by atoms with E-state index in [9.17, 15) is 18.1 Å². The van der Waals surface area contributed by atoms with Gasteiger partial charge in [0.2, 0.25) is 0 Å². The molecule has 0 aliphatic heterocycles. The number of aliphatic hydroxyl groups is 1. The Balaban J connectivity index is 0. The van der Waals surface area contributed by atoms with Gasteiger partial charge in [0.15, 0.2) is 0 Å². The second kappa shape index (κ2) is 9.85. The Bertz CT molecular complexity index is 254. The largest absolute Gasteiger partial charge is 1.00 e. The summed E-state index contributed by atoms with van der Waals surface area (Å²) in [5, 5.41) is 8.59. The van der Waals surface area contributed by atoms with Gasteiger partial charge in [0, 0.05) is 5.25 Å². The van der Waals surface area contributed by atoms with Crippen LogP contribution >= 0.6 is 0 Å². The summed E-state index contributed by atoms with van der Waals surface area (Å²) < 4.78 is 31.7. The van der Waals surface area contributed by atoms with Gasteiger partial charge in [-0.2, -0.15) is 0 Å². The summed E-state index contributed by atoms with van der Waals surface area (Å²) in [7, 11) is -4.13. The SMILES string of the molecule is CCCC(O)CCCCC(C)S(=O)(=O)[O-].[Na+]. The van der Waals surface area contributed by atoms with Gasteiger partial charge < -0.3 is 9.66 Å². The average molecular weight is 260 g/mol. The monoisotopic (exact) mass is 260 g/mol. The maximum Gasteiger partial charge on any atom is 1.00 e. The summed E-state index contributed by atoms with van der Waals surface area (Å²) in [5.74, 6) is 0. The van der Waals surface area contributed by atoms with Crippen molar-refractivity contribution in [3.63, 3.8) is 0 Å². The van der Waals surface area contributed by atoms with Crippen LogP contribution in [0.1, 0.15) is 52.4 Å². The summed E-state index contributed by atoms with van der Waals surface area (Å²) >= 11 is 0. The molecule has 6 heteroatoms. The third-order valence-electron chi connectivity index (χ3n) is 2.51. The van der Waals surface area contributed by atoms with Crippen LogP contribution in [0.15, 0.2) is 0 Å². The first-order valence-electron chi connectivity index (χ1n) is 5.50. The third-order valence-corrected chi connectivity index (χ3v) is 3.73. The van der Waals surface area contributed by atoms with Crippen LogP contribution in [-0.2, 0) is 10.1 Å². The van der Waals surface area contributed by atoms with E-state index in [0.717, 1.165) is 19.3 Å². The Kier molecular flexibility index (Phi) is 11.8. The van der Waals surface area contributed by atoms with Crippen LogP contribution in [0, 0.1) is 0 Å². The van der Waals surface area contributed by atoms with Crippen LogP contribution in [0.25, 0.3) is 0 Å². The molecule has 0 saturated heterocycles. The Hall–Kier alpha value is 0.870. The maximum absolute atomic E-state index is 10.6. The van der Waals surface area contributed by atoms with Crippen molar-refractivity contribution < 1.29 is 47.6 Å². The standard InChI is InChI=1S/C10H22O4S.Na/c1-3-6-10(11)8-5-4-7-9(2)15(12,13)14;/h9-11H,3-8H2,1-2H3,(H,12,13,14);/q;+1/p-1. The molecule has 0 heterocycles. The molecule has 0 amide bonds. The topological polar surface area (TPSA) is 77.4 Å². The third kappa shape index (κ3) is 10.1. The fourth-order valence-electron chi connectivity index (χ4n) is 1.43. The predicted octanol–water partition coefficient (Wildman–Crippen LogP) is -1.35. The normalized spacial score (nSPS) is 15.2. The summed E-state index contributed by atoms with van der Waals surface area (Å²) in [6.07, 6.45) is 4.01. The van der Waals surface area contributed by atoms with E-state index in [1.54, 1.807) is 0 Å². The van der Waals surface area contributed by atoms with Crippen LogP contribution in [0.2, 0.25) is 0 Å². The van der Waals surface area contributed by atoms with Crippen LogP contribution in [-0.4, -0.2) is 29.4 Å². The van der Waals surface area contributed by atoms with Gasteiger partial charge in [0.25, 0.3) is 0 Å². The fraction of sp³-hybridized carbons (Fsp3) is 1.00. The number of rotatable bonds is 8. The molecule has 0 aliphatic carbocycles. The predicted molar refractivity (Wildman–Crippen MR) is 58.5 cm³/mol. The van der Waals surface area contributed by atoms with Crippen LogP contribution < -0.4 is 29.6 Å². The minimum atomic E-state index is -4.13. The van der Waals surface area contributed by atoms with Gasteiger partial charge in [-0.3, -0.25) is 0 Å². The molecule has 0 saturated carbocycles.